The van der Waals surface area contributed by atoms with Gasteiger partial charge in [-0.3, -0.25) is 9.59 Å². The summed E-state index contributed by atoms with van der Waals surface area (Å²) in [6, 6.07) is 0. The normalized spacial score (nSPS) is 36.3. The number of carbonyl (C=O) groups excluding carboxylic acids is 2. The van der Waals surface area contributed by atoms with Gasteiger partial charge >= 0.3 is 0 Å². The maximum atomic E-state index is 13.4. The van der Waals surface area contributed by atoms with Gasteiger partial charge < -0.3 is 15.0 Å². The lowest BCUT2D eigenvalue weighted by molar-refractivity contribution is -0.159. The third kappa shape index (κ3) is 3.51. The van der Waals surface area contributed by atoms with Crippen LogP contribution >= 0.6 is 0 Å². The number of rotatable bonds is 6. The summed E-state index contributed by atoms with van der Waals surface area (Å²) in [5.74, 6) is 3.07. The van der Waals surface area contributed by atoms with Gasteiger partial charge in [0.1, 0.15) is 0 Å². The van der Waals surface area contributed by atoms with Crippen LogP contribution in [0.2, 0.25) is 0 Å². The van der Waals surface area contributed by atoms with Crippen molar-refractivity contribution in [2.24, 2.45) is 29.1 Å². The van der Waals surface area contributed by atoms with Crippen molar-refractivity contribution in [1.82, 2.24) is 10.2 Å². The molecular formula is C21H34N2O3. The van der Waals surface area contributed by atoms with Gasteiger partial charge in [0.05, 0.1) is 5.41 Å². The van der Waals surface area contributed by atoms with E-state index in [0.29, 0.717) is 19.1 Å². The number of piperidine rings is 1. The predicted molar refractivity (Wildman–Crippen MR) is 99.4 cm³/mol. The molecule has 1 N–H and O–H groups in total. The number of hydrogen-bond acceptors (Lipinski definition) is 3. The van der Waals surface area contributed by atoms with Crippen LogP contribution in [-0.2, 0) is 14.3 Å². The Morgan fingerprint density at radius 3 is 2.15 bits per heavy atom. The van der Waals surface area contributed by atoms with Gasteiger partial charge in [-0.15, -0.1) is 0 Å². The second-order valence-electron chi connectivity index (χ2n) is 9.40. The number of carbonyl (C=O) groups is 2. The molecule has 0 aromatic heterocycles. The largest absolute Gasteiger partial charge is 0.385 e. The first-order chi connectivity index (χ1) is 12.6. The first-order valence-corrected chi connectivity index (χ1v) is 10.7. The lowest BCUT2D eigenvalue weighted by Crippen LogP contribution is -2.56. The summed E-state index contributed by atoms with van der Waals surface area (Å²) in [4.78, 5) is 27.8. The standard InChI is InChI=1S/C21H34N2O3/c1-26-8-2-5-22-19(24)18-3-6-23(7-4-18)20(25)21-12-15-9-16(13-21)11-17(10-15)14-21/h15-18H,2-14H2,1H3,(H,22,24). The third-order valence-electron chi connectivity index (χ3n) is 7.47. The molecule has 26 heavy (non-hydrogen) atoms. The van der Waals surface area contributed by atoms with Gasteiger partial charge in [0, 0.05) is 39.3 Å². The number of methoxy groups -OCH3 is 1. The highest BCUT2D eigenvalue weighted by Gasteiger charge is 2.55. The Bertz CT molecular complexity index is 504. The fourth-order valence-electron chi connectivity index (χ4n) is 6.63. The quantitative estimate of drug-likeness (QED) is 0.739. The molecule has 5 rings (SSSR count). The van der Waals surface area contributed by atoms with Crippen molar-refractivity contribution in [3.63, 3.8) is 0 Å². The minimum absolute atomic E-state index is 0.0377. The summed E-state index contributed by atoms with van der Waals surface area (Å²) < 4.78 is 5.01. The van der Waals surface area contributed by atoms with Crippen LogP contribution < -0.4 is 5.32 Å². The highest BCUT2D eigenvalue weighted by molar-refractivity contribution is 5.84. The molecule has 1 saturated heterocycles. The van der Waals surface area contributed by atoms with Crippen LogP contribution in [-0.4, -0.2) is 50.1 Å². The van der Waals surface area contributed by atoms with Crippen molar-refractivity contribution < 1.29 is 14.3 Å². The fraction of sp³-hybridized carbons (Fsp3) is 0.905. The molecule has 4 bridgehead atoms. The van der Waals surface area contributed by atoms with E-state index in [0.717, 1.165) is 69.4 Å². The monoisotopic (exact) mass is 362 g/mol. The Labute approximate surface area is 157 Å². The van der Waals surface area contributed by atoms with Gasteiger partial charge in [-0.1, -0.05) is 0 Å². The van der Waals surface area contributed by atoms with Gasteiger partial charge in [-0.05, 0) is 75.5 Å². The summed E-state index contributed by atoms with van der Waals surface area (Å²) in [5.41, 5.74) is -0.0377. The SMILES string of the molecule is COCCCNC(=O)C1CCN(C(=O)C23CC4CC(CC(C4)C2)C3)CC1. The zero-order valence-electron chi connectivity index (χ0n) is 16.2. The van der Waals surface area contributed by atoms with Crippen molar-refractivity contribution in [3.8, 4) is 0 Å². The molecule has 2 amide bonds. The van der Waals surface area contributed by atoms with Gasteiger partial charge in [0.25, 0.3) is 0 Å². The molecule has 1 aliphatic heterocycles. The van der Waals surface area contributed by atoms with Crippen molar-refractivity contribution in [3.05, 3.63) is 0 Å². The minimum Gasteiger partial charge on any atom is -0.385 e. The Morgan fingerprint density at radius 1 is 1.04 bits per heavy atom. The molecule has 5 nitrogen and oxygen atoms in total. The van der Waals surface area contributed by atoms with Crippen molar-refractivity contribution in [2.75, 3.05) is 33.4 Å². The van der Waals surface area contributed by atoms with E-state index in [1.165, 1.54) is 19.3 Å². The van der Waals surface area contributed by atoms with E-state index < -0.39 is 0 Å². The summed E-state index contributed by atoms with van der Waals surface area (Å²) in [6.45, 7) is 2.88. The van der Waals surface area contributed by atoms with E-state index in [4.69, 9.17) is 4.74 Å². The first kappa shape index (κ1) is 18.3. The van der Waals surface area contributed by atoms with Gasteiger partial charge in [0.15, 0.2) is 0 Å². The number of amides is 2. The van der Waals surface area contributed by atoms with Crippen LogP contribution in [0, 0.1) is 29.1 Å². The van der Waals surface area contributed by atoms with Gasteiger partial charge in [0.2, 0.25) is 11.8 Å². The number of ether oxygens (including phenoxy) is 1. The van der Waals surface area contributed by atoms with Gasteiger partial charge in [-0.2, -0.15) is 0 Å². The fourth-order valence-corrected chi connectivity index (χ4v) is 6.63. The van der Waals surface area contributed by atoms with Crippen LogP contribution in [0.15, 0.2) is 0 Å². The second kappa shape index (κ2) is 7.49. The van der Waals surface area contributed by atoms with Gasteiger partial charge in [-0.25, -0.2) is 0 Å². The molecule has 0 spiro atoms. The van der Waals surface area contributed by atoms with Crippen LogP contribution in [0.4, 0.5) is 0 Å². The zero-order chi connectivity index (χ0) is 18.1. The molecule has 0 atom stereocenters. The summed E-state index contributed by atoms with van der Waals surface area (Å²) >= 11 is 0. The molecule has 5 fully saturated rings. The van der Waals surface area contributed by atoms with Crippen molar-refractivity contribution in [1.29, 1.82) is 0 Å². The van der Waals surface area contributed by atoms with Crippen LogP contribution in [0.1, 0.15) is 57.8 Å². The highest BCUT2D eigenvalue weighted by atomic mass is 16.5. The molecule has 146 valence electrons. The Balaban J connectivity index is 1.28. The van der Waals surface area contributed by atoms with E-state index in [1.54, 1.807) is 7.11 Å². The molecule has 0 radical (unpaired) electrons. The predicted octanol–water partition coefficient (Wildman–Crippen LogP) is 2.59. The number of likely N-dealkylation sites (tertiary alicyclic amines) is 1. The van der Waals surface area contributed by atoms with E-state index in [2.05, 4.69) is 10.2 Å². The lowest BCUT2D eigenvalue weighted by atomic mass is 9.49. The van der Waals surface area contributed by atoms with Crippen LogP contribution in [0.3, 0.4) is 0 Å². The Kier molecular flexibility index (Phi) is 5.27. The van der Waals surface area contributed by atoms with Crippen LogP contribution in [0.5, 0.6) is 0 Å². The van der Waals surface area contributed by atoms with E-state index in [9.17, 15) is 9.59 Å². The Morgan fingerprint density at radius 2 is 1.62 bits per heavy atom. The van der Waals surface area contributed by atoms with Crippen molar-refractivity contribution >= 4 is 11.8 Å². The molecule has 5 aliphatic rings. The molecule has 4 aliphatic carbocycles. The maximum absolute atomic E-state index is 13.4. The van der Waals surface area contributed by atoms with E-state index in [-0.39, 0.29) is 17.2 Å². The number of nitrogens with zero attached hydrogens (tertiary/aromatic N) is 1. The number of hydrogen-bond donors (Lipinski definition) is 1. The summed E-state index contributed by atoms with van der Waals surface area (Å²) in [7, 11) is 1.68. The number of nitrogens with one attached hydrogen (secondary N) is 1. The molecule has 0 aromatic carbocycles. The lowest BCUT2D eigenvalue weighted by Gasteiger charge is -2.57. The third-order valence-corrected chi connectivity index (χ3v) is 7.47. The molecule has 1 heterocycles. The second-order valence-corrected chi connectivity index (χ2v) is 9.40. The smallest absolute Gasteiger partial charge is 0.228 e. The van der Waals surface area contributed by atoms with E-state index >= 15 is 0 Å². The topological polar surface area (TPSA) is 58.6 Å². The molecular weight excluding hydrogens is 328 g/mol. The molecule has 5 heteroatoms. The highest BCUT2D eigenvalue weighted by Crippen LogP contribution is 2.60. The average Bonchev–Trinajstić information content (AvgIpc) is 2.63. The molecule has 4 saturated carbocycles. The minimum atomic E-state index is -0.0377. The first-order valence-electron chi connectivity index (χ1n) is 10.7. The maximum Gasteiger partial charge on any atom is 0.228 e. The van der Waals surface area contributed by atoms with Crippen LogP contribution in [0.25, 0.3) is 0 Å². The summed E-state index contributed by atoms with van der Waals surface area (Å²) in [5, 5.41) is 3.02. The Hall–Kier alpha value is -1.10. The van der Waals surface area contributed by atoms with Crippen molar-refractivity contribution in [2.45, 2.75) is 57.8 Å². The summed E-state index contributed by atoms with van der Waals surface area (Å²) in [6.07, 6.45) is 10.0. The molecule has 0 unspecified atom stereocenters. The van der Waals surface area contributed by atoms with E-state index in [1.807, 2.05) is 0 Å². The zero-order valence-corrected chi connectivity index (χ0v) is 16.2. The molecule has 0 aromatic rings. The average molecular weight is 363 g/mol.